The zero-order valence-corrected chi connectivity index (χ0v) is 25.8. The summed E-state index contributed by atoms with van der Waals surface area (Å²) in [6.45, 7) is 0.380. The first-order valence-corrected chi connectivity index (χ1v) is 15.5. The van der Waals surface area contributed by atoms with Gasteiger partial charge < -0.3 is 14.2 Å². The highest BCUT2D eigenvalue weighted by atomic mass is 35.5. The van der Waals surface area contributed by atoms with Crippen LogP contribution in [0.3, 0.4) is 0 Å². The Labute approximate surface area is 263 Å². The number of aryl methyl sites for hydroxylation is 1. The second-order valence-corrected chi connectivity index (χ2v) is 12.2. The van der Waals surface area contributed by atoms with Gasteiger partial charge in [-0.2, -0.15) is 0 Å². The number of ether oxygens (including phenoxy) is 3. The summed E-state index contributed by atoms with van der Waals surface area (Å²) in [6.07, 6.45) is 3.65. The van der Waals surface area contributed by atoms with Gasteiger partial charge in [-0.25, -0.2) is 4.99 Å². The zero-order valence-electron chi connectivity index (χ0n) is 24.2. The van der Waals surface area contributed by atoms with E-state index in [1.165, 1.54) is 16.9 Å². The molecule has 0 N–H and O–H groups in total. The number of rotatable bonds is 7. The van der Waals surface area contributed by atoms with Crippen LogP contribution in [0.15, 0.2) is 106 Å². The molecule has 0 radical (unpaired) electrons. The number of fused-ring (bicyclic) bond motifs is 3. The maximum absolute atomic E-state index is 14.1. The fourth-order valence-electron chi connectivity index (χ4n) is 5.89. The molecule has 0 saturated carbocycles. The van der Waals surface area contributed by atoms with Crippen molar-refractivity contribution < 1.29 is 14.2 Å². The van der Waals surface area contributed by atoms with Gasteiger partial charge >= 0.3 is 0 Å². The van der Waals surface area contributed by atoms with Gasteiger partial charge in [0.15, 0.2) is 16.3 Å². The number of halogens is 1. The van der Waals surface area contributed by atoms with Crippen LogP contribution in [-0.2, 0) is 13.0 Å². The van der Waals surface area contributed by atoms with E-state index in [2.05, 4.69) is 24.3 Å². The molecule has 44 heavy (non-hydrogen) atoms. The van der Waals surface area contributed by atoms with Crippen LogP contribution in [0.25, 0.3) is 11.8 Å². The normalized spacial score (nSPS) is 15.6. The van der Waals surface area contributed by atoms with Crippen LogP contribution in [0.2, 0.25) is 5.02 Å². The molecule has 1 atom stereocenters. The van der Waals surface area contributed by atoms with Gasteiger partial charge in [-0.15, -0.1) is 0 Å². The molecule has 220 valence electrons. The molecule has 0 saturated heterocycles. The van der Waals surface area contributed by atoms with Crippen molar-refractivity contribution in [2.45, 2.75) is 25.5 Å². The number of aromatic nitrogens is 1. The minimum Gasteiger partial charge on any atom is -0.497 e. The Hall–Kier alpha value is -4.59. The summed E-state index contributed by atoms with van der Waals surface area (Å²) >= 11 is 7.41. The Kier molecular flexibility index (Phi) is 7.58. The van der Waals surface area contributed by atoms with E-state index in [1.54, 1.807) is 14.2 Å². The summed E-state index contributed by atoms with van der Waals surface area (Å²) in [5, 5.41) is 0.682. The summed E-state index contributed by atoms with van der Waals surface area (Å²) in [5.74, 6) is 1.98. The van der Waals surface area contributed by atoms with E-state index < -0.39 is 0 Å². The van der Waals surface area contributed by atoms with Gasteiger partial charge in [-0.05, 0) is 83.1 Å². The molecule has 6 nitrogen and oxygen atoms in total. The molecule has 8 heteroatoms. The Morgan fingerprint density at radius 3 is 2.50 bits per heavy atom. The first-order chi connectivity index (χ1) is 21.5. The number of thiazole rings is 1. The Morgan fingerprint density at radius 1 is 0.932 bits per heavy atom. The molecule has 1 aliphatic carbocycles. The second kappa shape index (κ2) is 11.8. The Morgan fingerprint density at radius 2 is 1.73 bits per heavy atom. The lowest BCUT2D eigenvalue weighted by molar-refractivity contribution is 0.284. The predicted octanol–water partition coefficient (Wildman–Crippen LogP) is 6.57. The average Bonchev–Trinajstić information content (AvgIpc) is 3.37. The van der Waals surface area contributed by atoms with Crippen LogP contribution in [0.5, 0.6) is 17.2 Å². The third kappa shape index (κ3) is 5.23. The minimum absolute atomic E-state index is 0.0676. The van der Waals surface area contributed by atoms with E-state index in [0.29, 0.717) is 32.5 Å². The van der Waals surface area contributed by atoms with Gasteiger partial charge in [-0.1, -0.05) is 77.5 Å². The summed E-state index contributed by atoms with van der Waals surface area (Å²) in [6, 6.07) is 29.4. The van der Waals surface area contributed by atoms with Crippen molar-refractivity contribution in [2.75, 3.05) is 14.2 Å². The minimum atomic E-state index is -0.249. The molecular weight excluding hydrogens is 592 g/mol. The predicted molar refractivity (Wildman–Crippen MR) is 175 cm³/mol. The Balaban J connectivity index is 1.30. The van der Waals surface area contributed by atoms with Crippen molar-refractivity contribution in [1.29, 1.82) is 0 Å². The highest BCUT2D eigenvalue weighted by Gasteiger charge is 2.32. The first kappa shape index (κ1) is 28.2. The summed E-state index contributed by atoms with van der Waals surface area (Å²) in [4.78, 5) is 19.9. The fourth-order valence-corrected chi connectivity index (χ4v) is 7.02. The molecule has 0 spiro atoms. The largest absolute Gasteiger partial charge is 0.497 e. The molecule has 5 aromatic rings. The maximum Gasteiger partial charge on any atom is 0.271 e. The molecule has 4 aromatic carbocycles. The molecular formula is C36H29ClN2O4S. The van der Waals surface area contributed by atoms with Gasteiger partial charge in [0, 0.05) is 10.6 Å². The number of benzene rings is 4. The van der Waals surface area contributed by atoms with Crippen molar-refractivity contribution in [3.63, 3.8) is 0 Å². The summed E-state index contributed by atoms with van der Waals surface area (Å²) in [7, 11) is 3.27. The van der Waals surface area contributed by atoms with Gasteiger partial charge in [-0.3, -0.25) is 9.36 Å². The van der Waals surface area contributed by atoms with Crippen molar-refractivity contribution in [1.82, 2.24) is 4.57 Å². The molecule has 0 amide bonds. The third-order valence-electron chi connectivity index (χ3n) is 8.10. The van der Waals surface area contributed by atoms with E-state index in [9.17, 15) is 4.79 Å². The monoisotopic (exact) mass is 620 g/mol. The lowest BCUT2D eigenvalue weighted by Crippen LogP contribution is -2.38. The van der Waals surface area contributed by atoms with Crippen LogP contribution < -0.4 is 29.1 Å². The Bertz CT molecular complexity index is 2080. The second-order valence-electron chi connectivity index (χ2n) is 10.7. The van der Waals surface area contributed by atoms with Crippen LogP contribution in [-0.4, -0.2) is 18.8 Å². The number of allylic oxidation sites excluding steroid dienone is 1. The lowest BCUT2D eigenvalue weighted by atomic mass is 9.83. The van der Waals surface area contributed by atoms with Crippen molar-refractivity contribution in [2.24, 2.45) is 4.99 Å². The quantitative estimate of drug-likeness (QED) is 0.207. The highest BCUT2D eigenvalue weighted by molar-refractivity contribution is 7.07. The molecule has 1 aromatic heterocycles. The van der Waals surface area contributed by atoms with Crippen molar-refractivity contribution in [3.05, 3.63) is 149 Å². The van der Waals surface area contributed by atoms with E-state index >= 15 is 0 Å². The molecule has 0 fully saturated rings. The average molecular weight is 621 g/mol. The molecule has 1 aliphatic heterocycles. The van der Waals surface area contributed by atoms with Gasteiger partial charge in [0.05, 0.1) is 30.5 Å². The molecule has 2 heterocycles. The summed E-state index contributed by atoms with van der Waals surface area (Å²) < 4.78 is 19.6. The topological polar surface area (TPSA) is 62.0 Å². The smallest absolute Gasteiger partial charge is 0.271 e. The zero-order chi connectivity index (χ0) is 30.2. The van der Waals surface area contributed by atoms with Gasteiger partial charge in [0.25, 0.3) is 5.56 Å². The molecule has 2 aliphatic rings. The number of hydrogen-bond acceptors (Lipinski definition) is 6. The summed E-state index contributed by atoms with van der Waals surface area (Å²) in [5.41, 5.74) is 7.36. The highest BCUT2D eigenvalue weighted by Crippen LogP contribution is 2.41. The van der Waals surface area contributed by atoms with E-state index in [0.717, 1.165) is 52.1 Å². The fraction of sp³-hybridized carbons (Fsp3) is 0.167. The maximum atomic E-state index is 14.1. The first-order valence-electron chi connectivity index (χ1n) is 14.3. The van der Waals surface area contributed by atoms with Gasteiger partial charge in [0.1, 0.15) is 12.4 Å². The number of nitrogens with zero attached hydrogens (tertiary/aromatic N) is 2. The van der Waals surface area contributed by atoms with Gasteiger partial charge in [0.2, 0.25) is 0 Å². The van der Waals surface area contributed by atoms with Crippen molar-refractivity contribution in [3.8, 4) is 17.2 Å². The van der Waals surface area contributed by atoms with E-state index in [4.69, 9.17) is 30.8 Å². The SMILES string of the molecule is COc1ccc([C@H]2C3=C(N=c4s/c(=C\c5ccc(OCc6ccc(Cl)cc6)c(OC)c5)c(=O)n42)c2ccccc2CC3)cc1. The lowest BCUT2D eigenvalue weighted by Gasteiger charge is -2.30. The van der Waals surface area contributed by atoms with E-state index in [1.807, 2.05) is 77.4 Å². The molecule has 0 unspecified atom stereocenters. The molecule has 0 bridgehead atoms. The number of hydrogen-bond donors (Lipinski definition) is 0. The number of methoxy groups -OCH3 is 2. The molecule has 7 rings (SSSR count). The van der Waals surface area contributed by atoms with Crippen LogP contribution in [0, 0.1) is 0 Å². The van der Waals surface area contributed by atoms with E-state index in [-0.39, 0.29) is 11.6 Å². The van der Waals surface area contributed by atoms with Crippen LogP contribution in [0.1, 0.15) is 40.3 Å². The van der Waals surface area contributed by atoms with Crippen LogP contribution in [0.4, 0.5) is 0 Å². The standard InChI is InChI=1S/C36H29ClN2O4S/c1-41-27-15-10-25(11-16-27)34-29-17-12-24-5-3-4-6-28(24)33(29)38-36-39(34)35(40)32(44-36)20-23-9-18-30(31(19-23)42-2)43-21-22-7-13-26(37)14-8-22/h3-11,13-16,18-20,34H,12,17,21H2,1-2H3/b32-20-/t34-/m0/s1. The van der Waals surface area contributed by atoms with Crippen LogP contribution >= 0.6 is 22.9 Å². The van der Waals surface area contributed by atoms with Crippen molar-refractivity contribution >= 4 is 34.7 Å². The third-order valence-corrected chi connectivity index (χ3v) is 9.33.